The van der Waals surface area contributed by atoms with Gasteiger partial charge in [0.05, 0.1) is 0 Å². The summed E-state index contributed by atoms with van der Waals surface area (Å²) in [5.74, 6) is 2.17. The summed E-state index contributed by atoms with van der Waals surface area (Å²) in [4.78, 5) is 12.1. The molecule has 2 heterocycles. The first-order valence-corrected chi connectivity index (χ1v) is 8.46. The van der Waals surface area contributed by atoms with Crippen LogP contribution in [0.15, 0.2) is 6.07 Å². The number of nitrogens with zero attached hydrogens (tertiary/aromatic N) is 3. The van der Waals surface area contributed by atoms with E-state index in [0.717, 1.165) is 30.6 Å². The third kappa shape index (κ3) is 3.73. The second kappa shape index (κ2) is 6.30. The number of piperidine rings is 1. The topological polar surface area (TPSA) is 41.1 Å². The lowest BCUT2D eigenvalue weighted by molar-refractivity contribution is 0.374. The highest BCUT2D eigenvalue weighted by molar-refractivity contribution is 5.37. The molecule has 2 aliphatic rings. The Morgan fingerprint density at radius 2 is 2.10 bits per heavy atom. The van der Waals surface area contributed by atoms with Crippen molar-refractivity contribution < 1.29 is 0 Å². The first kappa shape index (κ1) is 14.8. The van der Waals surface area contributed by atoms with Gasteiger partial charge in [0.1, 0.15) is 0 Å². The second-order valence-electron chi connectivity index (χ2n) is 6.98. The predicted octanol–water partition coefficient (Wildman–Crippen LogP) is 2.88. The fourth-order valence-corrected chi connectivity index (χ4v) is 3.14. The molecule has 1 aliphatic carbocycles. The van der Waals surface area contributed by atoms with Gasteiger partial charge in [-0.15, -0.1) is 0 Å². The van der Waals surface area contributed by atoms with Crippen LogP contribution in [0.3, 0.4) is 0 Å². The lowest BCUT2D eigenvalue weighted by Crippen LogP contribution is -2.40. The Hall–Kier alpha value is -1.16. The molecule has 3 rings (SSSR count). The Morgan fingerprint density at radius 1 is 1.29 bits per heavy atom. The highest BCUT2D eigenvalue weighted by atomic mass is 15.3. The van der Waals surface area contributed by atoms with Crippen LogP contribution in [0.1, 0.15) is 56.8 Å². The van der Waals surface area contributed by atoms with E-state index >= 15 is 0 Å². The number of aromatic nitrogens is 2. The minimum absolute atomic E-state index is 0.461. The zero-order chi connectivity index (χ0) is 14.8. The highest BCUT2D eigenvalue weighted by Gasteiger charge is 2.33. The molecule has 0 bridgehead atoms. The molecule has 21 heavy (non-hydrogen) atoms. The zero-order valence-electron chi connectivity index (χ0n) is 13.6. The fraction of sp³-hybridized carbons (Fsp3) is 0.765. The molecular weight excluding hydrogens is 260 g/mol. The van der Waals surface area contributed by atoms with E-state index in [9.17, 15) is 0 Å². The quantitative estimate of drug-likeness (QED) is 0.904. The second-order valence-corrected chi connectivity index (χ2v) is 6.98. The van der Waals surface area contributed by atoms with Gasteiger partial charge in [-0.2, -0.15) is 0 Å². The van der Waals surface area contributed by atoms with E-state index in [1.165, 1.54) is 37.9 Å². The van der Waals surface area contributed by atoms with E-state index < -0.39 is 0 Å². The molecule has 4 nitrogen and oxygen atoms in total. The molecule has 1 unspecified atom stereocenters. The van der Waals surface area contributed by atoms with Crippen LogP contribution in [0.2, 0.25) is 0 Å². The van der Waals surface area contributed by atoms with Gasteiger partial charge in [0, 0.05) is 24.0 Å². The first-order chi connectivity index (χ1) is 10.1. The highest BCUT2D eigenvalue weighted by Crippen LogP contribution is 2.32. The van der Waals surface area contributed by atoms with Crippen molar-refractivity contribution in [2.75, 3.05) is 24.5 Å². The average Bonchev–Trinajstić information content (AvgIpc) is 3.29. The molecule has 1 aromatic heterocycles. The molecule has 0 radical (unpaired) electrons. The molecule has 1 saturated heterocycles. The largest absolute Gasteiger partial charge is 0.338 e. The van der Waals surface area contributed by atoms with E-state index in [0.29, 0.717) is 12.0 Å². The van der Waals surface area contributed by atoms with Crippen LogP contribution in [-0.2, 0) is 0 Å². The molecule has 1 N–H and O–H groups in total. The Bertz CT molecular complexity index is 476. The van der Waals surface area contributed by atoms with Crippen molar-refractivity contribution >= 4 is 5.95 Å². The summed E-state index contributed by atoms with van der Waals surface area (Å²) in [6.07, 6.45) is 5.23. The smallest absolute Gasteiger partial charge is 0.226 e. The SMILES string of the molecule is Cc1cc(C(C)C)nc(N(CC2CCCNC2)C2CC2)n1. The maximum absolute atomic E-state index is 4.85. The van der Waals surface area contributed by atoms with Gasteiger partial charge in [0.2, 0.25) is 5.95 Å². The Kier molecular flexibility index (Phi) is 4.43. The molecule has 1 saturated carbocycles. The van der Waals surface area contributed by atoms with E-state index in [1.54, 1.807) is 0 Å². The zero-order valence-corrected chi connectivity index (χ0v) is 13.6. The molecule has 0 amide bonds. The third-order valence-electron chi connectivity index (χ3n) is 4.55. The van der Waals surface area contributed by atoms with Crippen molar-refractivity contribution in [3.8, 4) is 0 Å². The van der Waals surface area contributed by atoms with Crippen LogP contribution in [0, 0.1) is 12.8 Å². The van der Waals surface area contributed by atoms with E-state index in [1.807, 2.05) is 0 Å². The molecule has 116 valence electrons. The maximum atomic E-state index is 4.85. The van der Waals surface area contributed by atoms with Crippen LogP contribution in [0.5, 0.6) is 0 Å². The van der Waals surface area contributed by atoms with Crippen LogP contribution in [0.4, 0.5) is 5.95 Å². The first-order valence-electron chi connectivity index (χ1n) is 8.46. The molecule has 1 aromatic rings. The lowest BCUT2D eigenvalue weighted by Gasteiger charge is -2.30. The van der Waals surface area contributed by atoms with Gasteiger partial charge < -0.3 is 10.2 Å². The molecule has 2 fully saturated rings. The number of aryl methyl sites for hydroxylation is 1. The molecule has 0 spiro atoms. The van der Waals surface area contributed by atoms with Crippen LogP contribution in [-0.4, -0.2) is 35.6 Å². The van der Waals surface area contributed by atoms with Gasteiger partial charge in [-0.1, -0.05) is 13.8 Å². The minimum atomic E-state index is 0.461. The number of hydrogen-bond donors (Lipinski definition) is 1. The van der Waals surface area contributed by atoms with E-state index in [2.05, 4.69) is 37.1 Å². The van der Waals surface area contributed by atoms with Crippen LogP contribution in [0.25, 0.3) is 0 Å². The van der Waals surface area contributed by atoms with Crippen LogP contribution < -0.4 is 10.2 Å². The summed E-state index contributed by atoms with van der Waals surface area (Å²) in [7, 11) is 0. The van der Waals surface area contributed by atoms with Gasteiger partial charge in [-0.05, 0) is 63.6 Å². The van der Waals surface area contributed by atoms with E-state index in [4.69, 9.17) is 9.97 Å². The molecule has 1 aliphatic heterocycles. The summed E-state index contributed by atoms with van der Waals surface area (Å²) >= 11 is 0. The summed E-state index contributed by atoms with van der Waals surface area (Å²) in [5, 5.41) is 3.52. The number of rotatable bonds is 5. The Balaban J connectivity index is 1.79. The minimum Gasteiger partial charge on any atom is -0.338 e. The van der Waals surface area contributed by atoms with Crippen molar-refractivity contribution in [2.24, 2.45) is 5.92 Å². The van der Waals surface area contributed by atoms with Crippen LogP contribution >= 0.6 is 0 Å². The van der Waals surface area contributed by atoms with Crippen molar-refractivity contribution in [3.63, 3.8) is 0 Å². The van der Waals surface area contributed by atoms with Gasteiger partial charge in [-0.3, -0.25) is 0 Å². The van der Waals surface area contributed by atoms with E-state index in [-0.39, 0.29) is 0 Å². The molecular formula is C17H28N4. The fourth-order valence-electron chi connectivity index (χ4n) is 3.14. The van der Waals surface area contributed by atoms with Gasteiger partial charge in [0.15, 0.2) is 0 Å². The summed E-state index contributed by atoms with van der Waals surface area (Å²) < 4.78 is 0. The van der Waals surface area contributed by atoms with Gasteiger partial charge in [-0.25, -0.2) is 9.97 Å². The summed E-state index contributed by atoms with van der Waals surface area (Å²) in [6, 6.07) is 2.80. The molecule has 0 aromatic carbocycles. The summed E-state index contributed by atoms with van der Waals surface area (Å²) in [5.41, 5.74) is 2.26. The monoisotopic (exact) mass is 288 g/mol. The van der Waals surface area contributed by atoms with Gasteiger partial charge in [0.25, 0.3) is 0 Å². The number of hydrogen-bond acceptors (Lipinski definition) is 4. The number of nitrogens with one attached hydrogen (secondary N) is 1. The van der Waals surface area contributed by atoms with Crippen molar-refractivity contribution in [1.29, 1.82) is 0 Å². The van der Waals surface area contributed by atoms with Crippen molar-refractivity contribution in [2.45, 2.75) is 58.4 Å². The Morgan fingerprint density at radius 3 is 2.71 bits per heavy atom. The normalized spacial score (nSPS) is 22.6. The lowest BCUT2D eigenvalue weighted by atomic mass is 9.99. The molecule has 1 atom stereocenters. The van der Waals surface area contributed by atoms with Crippen molar-refractivity contribution in [3.05, 3.63) is 17.5 Å². The maximum Gasteiger partial charge on any atom is 0.226 e. The predicted molar refractivity (Wildman–Crippen MR) is 86.8 cm³/mol. The third-order valence-corrected chi connectivity index (χ3v) is 4.55. The van der Waals surface area contributed by atoms with Crippen molar-refractivity contribution in [1.82, 2.24) is 15.3 Å². The average molecular weight is 288 g/mol. The van der Waals surface area contributed by atoms with Gasteiger partial charge >= 0.3 is 0 Å². The standard InChI is InChI=1S/C17H28N4/c1-12(2)16-9-13(3)19-17(20-16)21(15-6-7-15)11-14-5-4-8-18-10-14/h9,12,14-15,18H,4-8,10-11H2,1-3H3. The summed E-state index contributed by atoms with van der Waals surface area (Å²) in [6.45, 7) is 9.93. The Labute approximate surface area is 128 Å². The number of anilines is 1. The molecule has 4 heteroatoms.